The molecule has 1 aliphatic heterocycles. The minimum absolute atomic E-state index is 0.103. The van der Waals surface area contributed by atoms with Gasteiger partial charge < -0.3 is 14.6 Å². The van der Waals surface area contributed by atoms with E-state index in [1.807, 2.05) is 24.3 Å². The maximum absolute atomic E-state index is 13.7. The number of hydrogen-bond acceptors (Lipinski definition) is 5. The molecule has 0 bridgehead atoms. The summed E-state index contributed by atoms with van der Waals surface area (Å²) in [6, 6.07) is 13.9. The average Bonchev–Trinajstić information content (AvgIpc) is 3.49. The van der Waals surface area contributed by atoms with Crippen molar-refractivity contribution >= 4 is 39.8 Å². The third-order valence-electron chi connectivity index (χ3n) is 5.95. The second-order valence-electron chi connectivity index (χ2n) is 8.20. The number of nitrogens with zero attached hydrogens (tertiary/aromatic N) is 2. The summed E-state index contributed by atoms with van der Waals surface area (Å²) >= 11 is 1.44. The summed E-state index contributed by atoms with van der Waals surface area (Å²) < 4.78 is 19.4. The predicted octanol–water partition coefficient (Wildman–Crippen LogP) is 5.61. The number of para-hydroxylation sites is 1. The number of anilines is 1. The van der Waals surface area contributed by atoms with Gasteiger partial charge in [-0.1, -0.05) is 24.3 Å². The largest absolute Gasteiger partial charge is 0.451 e. The van der Waals surface area contributed by atoms with E-state index in [0.717, 1.165) is 23.2 Å². The molecule has 2 amide bonds. The normalized spacial score (nSPS) is 14.5. The number of rotatable bonds is 4. The van der Waals surface area contributed by atoms with E-state index in [1.54, 1.807) is 35.4 Å². The lowest BCUT2D eigenvalue weighted by Gasteiger charge is -2.30. The lowest BCUT2D eigenvalue weighted by atomic mass is 9.97. The average molecular weight is 464 g/mol. The summed E-state index contributed by atoms with van der Waals surface area (Å²) in [7, 11) is 0. The molecule has 0 radical (unpaired) electrons. The number of nitrogens with one attached hydrogen (secondary N) is 1. The first-order valence-corrected chi connectivity index (χ1v) is 11.7. The van der Waals surface area contributed by atoms with Crippen molar-refractivity contribution < 1.29 is 18.4 Å². The lowest BCUT2D eigenvalue weighted by Crippen LogP contribution is -2.37. The van der Waals surface area contributed by atoms with Crippen LogP contribution < -0.4 is 5.32 Å². The zero-order chi connectivity index (χ0) is 22.9. The van der Waals surface area contributed by atoms with E-state index in [4.69, 9.17) is 4.42 Å². The predicted molar refractivity (Wildman–Crippen MR) is 125 cm³/mol. The van der Waals surface area contributed by atoms with Crippen molar-refractivity contribution in [2.75, 3.05) is 18.4 Å². The van der Waals surface area contributed by atoms with E-state index >= 15 is 0 Å². The van der Waals surface area contributed by atoms with Crippen LogP contribution >= 0.6 is 11.3 Å². The van der Waals surface area contributed by atoms with E-state index in [1.165, 1.54) is 17.4 Å². The highest BCUT2D eigenvalue weighted by molar-refractivity contribution is 7.10. The van der Waals surface area contributed by atoms with Crippen LogP contribution in [0.3, 0.4) is 0 Å². The summed E-state index contributed by atoms with van der Waals surface area (Å²) in [4.78, 5) is 31.7. The third kappa shape index (κ3) is 4.39. The molecule has 4 aromatic rings. The first-order chi connectivity index (χ1) is 16.0. The Balaban J connectivity index is 1.20. The number of fused-ring (bicyclic) bond motifs is 1. The lowest BCUT2D eigenvalue weighted by molar-refractivity contribution is 0.0683. The van der Waals surface area contributed by atoms with Gasteiger partial charge in [0.15, 0.2) is 5.76 Å². The molecule has 3 heterocycles. The van der Waals surface area contributed by atoms with Gasteiger partial charge in [0.05, 0.1) is 5.01 Å². The minimum atomic E-state index is -0.365. The van der Waals surface area contributed by atoms with Gasteiger partial charge in [0.2, 0.25) is 0 Å². The Kier molecular flexibility index (Phi) is 5.68. The fraction of sp³-hybridized carbons (Fsp3) is 0.240. The van der Waals surface area contributed by atoms with Crippen LogP contribution in [0.25, 0.3) is 11.0 Å². The number of benzene rings is 2. The van der Waals surface area contributed by atoms with E-state index < -0.39 is 0 Å². The molecule has 0 atom stereocenters. The fourth-order valence-electron chi connectivity index (χ4n) is 4.02. The number of likely N-dealkylation sites (tertiary alicyclic amines) is 1. The minimum Gasteiger partial charge on any atom is -0.451 e. The van der Waals surface area contributed by atoms with Crippen LogP contribution in [0, 0.1) is 12.7 Å². The number of furan rings is 1. The first kappa shape index (κ1) is 21.3. The topological polar surface area (TPSA) is 75.4 Å². The fourth-order valence-corrected chi connectivity index (χ4v) is 4.99. The van der Waals surface area contributed by atoms with Gasteiger partial charge in [-0.05, 0) is 49.6 Å². The van der Waals surface area contributed by atoms with Gasteiger partial charge in [0, 0.05) is 35.5 Å². The van der Waals surface area contributed by atoms with E-state index in [0.29, 0.717) is 41.4 Å². The number of hydrogen-bond donors (Lipinski definition) is 1. The zero-order valence-corrected chi connectivity index (χ0v) is 18.8. The monoisotopic (exact) mass is 463 g/mol. The molecule has 1 N–H and O–H groups in total. The van der Waals surface area contributed by atoms with Crippen LogP contribution in [-0.4, -0.2) is 34.8 Å². The van der Waals surface area contributed by atoms with E-state index in [-0.39, 0.29) is 23.5 Å². The number of halogens is 1. The molecule has 1 fully saturated rings. The van der Waals surface area contributed by atoms with Gasteiger partial charge in [0.1, 0.15) is 17.1 Å². The van der Waals surface area contributed by atoms with Crippen LogP contribution in [0.4, 0.5) is 10.1 Å². The van der Waals surface area contributed by atoms with Crippen molar-refractivity contribution in [1.29, 1.82) is 0 Å². The van der Waals surface area contributed by atoms with Crippen molar-refractivity contribution in [3.63, 3.8) is 0 Å². The maximum Gasteiger partial charge on any atom is 0.289 e. The molecular formula is C25H22FN3O3S. The van der Waals surface area contributed by atoms with E-state index in [9.17, 15) is 14.0 Å². The second kappa shape index (κ2) is 8.78. The number of piperidine rings is 1. The van der Waals surface area contributed by atoms with Crippen molar-refractivity contribution in [3.05, 3.63) is 81.8 Å². The highest BCUT2D eigenvalue weighted by Gasteiger charge is 2.28. The molecule has 6 nitrogen and oxygen atoms in total. The Morgan fingerprint density at radius 1 is 1.15 bits per heavy atom. The van der Waals surface area contributed by atoms with Gasteiger partial charge in [-0.25, -0.2) is 9.37 Å². The molecular weight excluding hydrogens is 441 g/mol. The van der Waals surface area contributed by atoms with Gasteiger partial charge >= 0.3 is 0 Å². The molecule has 0 unspecified atom stereocenters. The molecule has 2 aromatic heterocycles. The van der Waals surface area contributed by atoms with Crippen LogP contribution in [0.1, 0.15) is 50.4 Å². The van der Waals surface area contributed by atoms with Crippen LogP contribution in [-0.2, 0) is 0 Å². The van der Waals surface area contributed by atoms with Crippen molar-refractivity contribution in [3.8, 4) is 0 Å². The Morgan fingerprint density at radius 3 is 2.70 bits per heavy atom. The number of thiazole rings is 1. The highest BCUT2D eigenvalue weighted by atomic mass is 32.1. The van der Waals surface area contributed by atoms with Crippen molar-refractivity contribution in [1.82, 2.24) is 9.88 Å². The van der Waals surface area contributed by atoms with Gasteiger partial charge in [-0.3, -0.25) is 9.59 Å². The molecule has 0 spiro atoms. The SMILES string of the molecule is Cc1ccc(NC(=O)c2csc(C3CCN(C(=O)c4cc5ccccc5o4)CC3)n2)cc1F. The number of aryl methyl sites for hydroxylation is 1. The zero-order valence-electron chi connectivity index (χ0n) is 18.0. The summed E-state index contributed by atoms with van der Waals surface area (Å²) in [5.74, 6) is -0.286. The molecule has 168 valence electrons. The van der Waals surface area contributed by atoms with Gasteiger partial charge in [-0.2, -0.15) is 0 Å². The molecule has 2 aromatic carbocycles. The number of carbonyl (C=O) groups is 2. The second-order valence-corrected chi connectivity index (χ2v) is 9.09. The Morgan fingerprint density at radius 2 is 1.94 bits per heavy atom. The number of amides is 2. The molecule has 8 heteroatoms. The molecule has 0 aliphatic carbocycles. The molecule has 33 heavy (non-hydrogen) atoms. The van der Waals surface area contributed by atoms with Crippen molar-refractivity contribution in [2.24, 2.45) is 0 Å². The number of carbonyl (C=O) groups excluding carboxylic acids is 2. The standard InChI is InChI=1S/C25H22FN3O3S/c1-15-6-7-18(13-19(15)26)27-23(30)20-14-33-24(28-20)16-8-10-29(11-9-16)25(31)22-12-17-4-2-3-5-21(17)32-22/h2-7,12-14,16H,8-11H2,1H3,(H,27,30). The summed E-state index contributed by atoms with van der Waals surface area (Å²) in [5.41, 5.74) is 1.94. The Hall–Kier alpha value is -3.52. The Bertz CT molecular complexity index is 1300. The van der Waals surface area contributed by atoms with Crippen molar-refractivity contribution in [2.45, 2.75) is 25.7 Å². The van der Waals surface area contributed by atoms with Crippen LogP contribution in [0.5, 0.6) is 0 Å². The van der Waals surface area contributed by atoms with E-state index in [2.05, 4.69) is 10.3 Å². The third-order valence-corrected chi connectivity index (χ3v) is 6.96. The smallest absolute Gasteiger partial charge is 0.289 e. The number of aromatic nitrogens is 1. The summed E-state index contributed by atoms with van der Waals surface area (Å²) in [6.07, 6.45) is 1.54. The summed E-state index contributed by atoms with van der Waals surface area (Å²) in [5, 5.41) is 6.21. The first-order valence-electron chi connectivity index (χ1n) is 10.8. The van der Waals surface area contributed by atoms with Gasteiger partial charge in [-0.15, -0.1) is 11.3 Å². The highest BCUT2D eigenvalue weighted by Crippen LogP contribution is 2.31. The molecule has 1 aliphatic rings. The Labute approximate surface area is 194 Å². The quantitative estimate of drug-likeness (QED) is 0.427. The summed E-state index contributed by atoms with van der Waals surface area (Å²) in [6.45, 7) is 2.87. The molecule has 5 rings (SSSR count). The maximum atomic E-state index is 13.7. The van der Waals surface area contributed by atoms with Gasteiger partial charge in [0.25, 0.3) is 11.8 Å². The molecule has 0 saturated carbocycles. The van der Waals surface area contributed by atoms with Crippen LogP contribution in [0.2, 0.25) is 0 Å². The van der Waals surface area contributed by atoms with Crippen LogP contribution in [0.15, 0.2) is 58.3 Å². The molecule has 1 saturated heterocycles.